The van der Waals surface area contributed by atoms with Crippen LogP contribution < -0.4 is 10.9 Å². The summed E-state index contributed by atoms with van der Waals surface area (Å²) in [7, 11) is 0. The summed E-state index contributed by atoms with van der Waals surface area (Å²) in [5, 5.41) is 3.84. The topological polar surface area (TPSA) is 64.0 Å². The summed E-state index contributed by atoms with van der Waals surface area (Å²) in [5.41, 5.74) is 3.60. The van der Waals surface area contributed by atoms with Crippen molar-refractivity contribution in [3.63, 3.8) is 0 Å². The van der Waals surface area contributed by atoms with E-state index in [9.17, 15) is 9.59 Å². The number of hydrogen-bond donors (Lipinski definition) is 1. The van der Waals surface area contributed by atoms with Gasteiger partial charge < -0.3 is 5.32 Å². The Hall–Kier alpha value is -2.60. The van der Waals surface area contributed by atoms with Gasteiger partial charge in [-0.2, -0.15) is 0 Å². The van der Waals surface area contributed by atoms with E-state index in [1.807, 2.05) is 64.1 Å². The fraction of sp³-hybridized carbons (Fsp3) is 0.375. The number of benzene rings is 2. The van der Waals surface area contributed by atoms with Crippen LogP contribution in [0.1, 0.15) is 57.7 Å². The molecule has 158 valence electrons. The van der Waals surface area contributed by atoms with Gasteiger partial charge in [0.15, 0.2) is 5.16 Å². The zero-order chi connectivity index (χ0) is 22.0. The predicted molar refractivity (Wildman–Crippen MR) is 126 cm³/mol. The highest BCUT2D eigenvalue weighted by Gasteiger charge is 2.22. The van der Waals surface area contributed by atoms with Gasteiger partial charge in [-0.15, -0.1) is 0 Å². The lowest BCUT2D eigenvalue weighted by molar-refractivity contribution is -0.115. The minimum Gasteiger partial charge on any atom is -0.325 e. The van der Waals surface area contributed by atoms with Crippen molar-refractivity contribution in [2.45, 2.75) is 63.9 Å². The quantitative estimate of drug-likeness (QED) is 0.418. The molecule has 0 spiro atoms. The third-order valence-corrected chi connectivity index (χ3v) is 6.18. The molecule has 1 N–H and O–H groups in total. The molecule has 0 aliphatic carbocycles. The number of anilines is 1. The summed E-state index contributed by atoms with van der Waals surface area (Å²) < 4.78 is 1.67. The van der Waals surface area contributed by atoms with E-state index in [4.69, 9.17) is 4.98 Å². The van der Waals surface area contributed by atoms with Crippen LogP contribution in [0.4, 0.5) is 5.69 Å². The first-order valence-corrected chi connectivity index (χ1v) is 11.2. The molecule has 3 aromatic rings. The van der Waals surface area contributed by atoms with E-state index in [2.05, 4.69) is 19.2 Å². The second-order valence-electron chi connectivity index (χ2n) is 8.12. The van der Waals surface area contributed by atoms with E-state index in [0.29, 0.717) is 22.0 Å². The van der Waals surface area contributed by atoms with Crippen molar-refractivity contribution in [1.82, 2.24) is 9.55 Å². The number of hydrogen-bond acceptors (Lipinski definition) is 4. The van der Waals surface area contributed by atoms with Crippen LogP contribution >= 0.6 is 11.8 Å². The highest BCUT2D eigenvalue weighted by molar-refractivity contribution is 8.00. The molecule has 3 rings (SSSR count). The van der Waals surface area contributed by atoms with Crippen LogP contribution in [0.5, 0.6) is 0 Å². The standard InChI is InChI=1S/C24H29N3O2S/c1-14(2)18-12-9-10-16(5)21(18)26-22(28)17(6)30-24-25-20-13-8-7-11-19(20)23(29)27(24)15(3)4/h7-15,17H,1-6H3,(H,26,28)/t17-/m1/s1. The Morgan fingerprint density at radius 1 is 1.03 bits per heavy atom. The molecule has 0 bridgehead atoms. The lowest BCUT2D eigenvalue weighted by atomic mass is 9.98. The van der Waals surface area contributed by atoms with Crippen molar-refractivity contribution in [1.29, 1.82) is 0 Å². The largest absolute Gasteiger partial charge is 0.325 e. The molecular weight excluding hydrogens is 394 g/mol. The SMILES string of the molecule is Cc1cccc(C(C)C)c1NC(=O)[C@@H](C)Sc1nc2ccccc2c(=O)n1C(C)C. The van der Waals surface area contributed by atoms with Crippen LogP contribution in [0.3, 0.4) is 0 Å². The Morgan fingerprint density at radius 3 is 2.40 bits per heavy atom. The number of aromatic nitrogens is 2. The molecule has 0 unspecified atom stereocenters. The molecule has 0 saturated carbocycles. The minimum atomic E-state index is -0.414. The lowest BCUT2D eigenvalue weighted by Gasteiger charge is -2.20. The van der Waals surface area contributed by atoms with Crippen LogP contribution in [0.2, 0.25) is 0 Å². The number of carbonyl (C=O) groups excluding carboxylic acids is 1. The summed E-state index contributed by atoms with van der Waals surface area (Å²) in [5.74, 6) is 0.199. The minimum absolute atomic E-state index is 0.0590. The number of amides is 1. The zero-order valence-electron chi connectivity index (χ0n) is 18.4. The number of carbonyl (C=O) groups is 1. The van der Waals surface area contributed by atoms with E-state index >= 15 is 0 Å². The van der Waals surface area contributed by atoms with Gasteiger partial charge in [-0.25, -0.2) is 4.98 Å². The van der Waals surface area contributed by atoms with Crippen molar-refractivity contribution in [2.75, 3.05) is 5.32 Å². The highest BCUT2D eigenvalue weighted by atomic mass is 32.2. The molecule has 30 heavy (non-hydrogen) atoms. The average Bonchev–Trinajstić information content (AvgIpc) is 2.69. The monoisotopic (exact) mass is 423 g/mol. The van der Waals surface area contributed by atoms with Gasteiger partial charge in [0.2, 0.25) is 5.91 Å². The third kappa shape index (κ3) is 4.43. The number of nitrogens with zero attached hydrogens (tertiary/aromatic N) is 2. The molecule has 0 fully saturated rings. The van der Waals surface area contributed by atoms with E-state index in [0.717, 1.165) is 16.8 Å². The van der Waals surface area contributed by atoms with Gasteiger partial charge in [0.1, 0.15) is 0 Å². The van der Waals surface area contributed by atoms with Crippen LogP contribution in [0.15, 0.2) is 52.4 Å². The summed E-state index contributed by atoms with van der Waals surface area (Å²) in [6, 6.07) is 13.3. The van der Waals surface area contributed by atoms with Crippen LogP contribution in [0, 0.1) is 6.92 Å². The van der Waals surface area contributed by atoms with E-state index in [1.54, 1.807) is 10.6 Å². The number of thioether (sulfide) groups is 1. The molecular formula is C24H29N3O2S. The zero-order valence-corrected chi connectivity index (χ0v) is 19.2. The van der Waals surface area contributed by atoms with Crippen molar-refractivity contribution in [3.8, 4) is 0 Å². The summed E-state index contributed by atoms with van der Waals surface area (Å²) in [6.07, 6.45) is 0. The predicted octanol–water partition coefficient (Wildman–Crippen LogP) is 5.53. The van der Waals surface area contributed by atoms with Gasteiger partial charge >= 0.3 is 0 Å². The lowest BCUT2D eigenvalue weighted by Crippen LogP contribution is -2.28. The number of fused-ring (bicyclic) bond motifs is 1. The molecule has 0 aliphatic rings. The molecule has 0 aliphatic heterocycles. The van der Waals surface area contributed by atoms with Crippen molar-refractivity contribution in [2.24, 2.45) is 0 Å². The molecule has 2 aromatic carbocycles. The molecule has 1 atom stereocenters. The average molecular weight is 424 g/mol. The first-order chi connectivity index (χ1) is 14.2. The van der Waals surface area contributed by atoms with Gasteiger partial charge in [-0.1, -0.05) is 55.9 Å². The Morgan fingerprint density at radius 2 is 1.73 bits per heavy atom. The number of rotatable bonds is 6. The van der Waals surface area contributed by atoms with E-state index in [-0.39, 0.29) is 17.5 Å². The molecule has 1 heterocycles. The Bertz CT molecular complexity index is 1130. The summed E-state index contributed by atoms with van der Waals surface area (Å²) >= 11 is 1.31. The second kappa shape index (κ2) is 9.04. The maximum Gasteiger partial charge on any atom is 0.262 e. The number of nitrogens with one attached hydrogen (secondary N) is 1. The smallest absolute Gasteiger partial charge is 0.262 e. The molecule has 1 amide bonds. The third-order valence-electron chi connectivity index (χ3n) is 5.12. The van der Waals surface area contributed by atoms with E-state index in [1.165, 1.54) is 11.8 Å². The normalized spacial score (nSPS) is 12.5. The van der Waals surface area contributed by atoms with Gasteiger partial charge in [-0.05, 0) is 56.9 Å². The van der Waals surface area contributed by atoms with Crippen molar-refractivity contribution < 1.29 is 4.79 Å². The van der Waals surface area contributed by atoms with Crippen LogP contribution in [-0.4, -0.2) is 20.7 Å². The summed E-state index contributed by atoms with van der Waals surface area (Å²) in [6.45, 7) is 12.0. The maximum atomic E-state index is 13.0. The van der Waals surface area contributed by atoms with Gasteiger partial charge in [0, 0.05) is 11.7 Å². The first kappa shape index (κ1) is 22.1. The maximum absolute atomic E-state index is 13.0. The Labute approximate surface area is 181 Å². The molecule has 1 aromatic heterocycles. The van der Waals surface area contributed by atoms with Crippen molar-refractivity contribution in [3.05, 3.63) is 63.9 Å². The highest BCUT2D eigenvalue weighted by Crippen LogP contribution is 2.30. The summed E-state index contributed by atoms with van der Waals surface area (Å²) in [4.78, 5) is 30.7. The molecule has 6 heteroatoms. The van der Waals surface area contributed by atoms with Gasteiger partial charge in [0.25, 0.3) is 5.56 Å². The first-order valence-electron chi connectivity index (χ1n) is 10.3. The van der Waals surface area contributed by atoms with Crippen LogP contribution in [-0.2, 0) is 4.79 Å². The Kier molecular flexibility index (Phi) is 6.66. The molecule has 0 saturated heterocycles. The fourth-order valence-corrected chi connectivity index (χ4v) is 4.48. The van der Waals surface area contributed by atoms with E-state index < -0.39 is 5.25 Å². The van der Waals surface area contributed by atoms with Crippen molar-refractivity contribution >= 4 is 34.3 Å². The molecule has 0 radical (unpaired) electrons. The van der Waals surface area contributed by atoms with Gasteiger partial charge in [0.05, 0.1) is 16.2 Å². The van der Waals surface area contributed by atoms with Gasteiger partial charge in [-0.3, -0.25) is 14.2 Å². The Balaban J connectivity index is 1.92. The fourth-order valence-electron chi connectivity index (χ4n) is 3.44. The molecule has 5 nitrogen and oxygen atoms in total. The number of aryl methyl sites for hydroxylation is 1. The van der Waals surface area contributed by atoms with Crippen LogP contribution in [0.25, 0.3) is 10.9 Å². The number of para-hydroxylation sites is 2. The second-order valence-corrected chi connectivity index (χ2v) is 9.43.